The minimum absolute atomic E-state index is 0.0578. The first-order valence-corrected chi connectivity index (χ1v) is 6.74. The van der Waals surface area contributed by atoms with E-state index >= 15 is 0 Å². The molecule has 0 aliphatic carbocycles. The van der Waals surface area contributed by atoms with Gasteiger partial charge in [0.25, 0.3) is 0 Å². The smallest absolute Gasteiger partial charge is 0.246 e. The first kappa shape index (κ1) is 15.0. The number of piperazine rings is 1. The normalized spacial score (nSPS) is 25.9. The van der Waals surface area contributed by atoms with Crippen molar-refractivity contribution in [3.8, 4) is 0 Å². The second-order valence-electron chi connectivity index (χ2n) is 4.78. The molecule has 5 heteroatoms. The second kappa shape index (κ2) is 6.23. The highest BCUT2D eigenvalue weighted by atomic mass is 35.5. The topological polar surface area (TPSA) is 49.4 Å². The molecule has 0 aromatic rings. The Kier molecular flexibility index (Phi) is 5.20. The van der Waals surface area contributed by atoms with Crippen molar-refractivity contribution in [2.24, 2.45) is 5.92 Å². The van der Waals surface area contributed by atoms with Gasteiger partial charge in [0.05, 0.1) is 6.54 Å². The van der Waals surface area contributed by atoms with Crippen molar-refractivity contribution in [3.63, 3.8) is 0 Å². The molecule has 0 aromatic heterocycles. The predicted molar refractivity (Wildman–Crippen MR) is 72.2 cm³/mol. The Morgan fingerprint density at radius 2 is 2.11 bits per heavy atom. The average molecular weight is 273 g/mol. The van der Waals surface area contributed by atoms with Gasteiger partial charge in [-0.05, 0) is 12.3 Å². The molecule has 3 unspecified atom stereocenters. The van der Waals surface area contributed by atoms with E-state index in [2.05, 4.69) is 11.9 Å². The van der Waals surface area contributed by atoms with Gasteiger partial charge in [-0.15, -0.1) is 0 Å². The Hall–Kier alpha value is -1.03. The highest BCUT2D eigenvalue weighted by Crippen LogP contribution is 2.20. The number of halogens is 1. The summed E-state index contributed by atoms with van der Waals surface area (Å²) in [6, 6.07) is -0.880. The molecule has 102 valence electrons. The van der Waals surface area contributed by atoms with Crippen LogP contribution in [0.5, 0.6) is 0 Å². The SMILES string of the molecule is C=C(Cl)CN1C(=O)C(C(C)CC)NC(=O)C1CC. The molecule has 0 aromatic carbocycles. The lowest BCUT2D eigenvalue weighted by Gasteiger charge is -2.40. The van der Waals surface area contributed by atoms with Crippen molar-refractivity contribution >= 4 is 23.4 Å². The molecule has 1 saturated heterocycles. The Morgan fingerprint density at radius 3 is 2.56 bits per heavy atom. The number of nitrogens with zero attached hydrogens (tertiary/aromatic N) is 1. The quantitative estimate of drug-likeness (QED) is 0.831. The van der Waals surface area contributed by atoms with Crippen LogP contribution in [0, 0.1) is 5.92 Å². The fourth-order valence-electron chi connectivity index (χ4n) is 2.19. The first-order valence-electron chi connectivity index (χ1n) is 6.36. The van der Waals surface area contributed by atoms with E-state index < -0.39 is 12.1 Å². The molecule has 1 heterocycles. The fraction of sp³-hybridized carbons (Fsp3) is 0.692. The van der Waals surface area contributed by atoms with Gasteiger partial charge in [-0.25, -0.2) is 0 Å². The maximum atomic E-state index is 12.4. The van der Waals surface area contributed by atoms with Crippen LogP contribution in [0.2, 0.25) is 0 Å². The number of nitrogens with one attached hydrogen (secondary N) is 1. The number of hydrogen-bond acceptors (Lipinski definition) is 2. The standard InChI is InChI=1S/C13H21ClN2O2/c1-5-8(3)11-13(18)16(7-9(4)14)10(6-2)12(17)15-11/h8,10-11H,4-7H2,1-3H3,(H,15,17). The minimum atomic E-state index is -0.443. The molecule has 2 amide bonds. The molecule has 1 aliphatic rings. The van der Waals surface area contributed by atoms with E-state index in [4.69, 9.17) is 11.6 Å². The van der Waals surface area contributed by atoms with Crippen LogP contribution in [0.4, 0.5) is 0 Å². The summed E-state index contributed by atoms with van der Waals surface area (Å²) in [5, 5.41) is 3.19. The van der Waals surface area contributed by atoms with E-state index in [1.165, 1.54) is 0 Å². The molecular weight excluding hydrogens is 252 g/mol. The molecule has 0 spiro atoms. The van der Waals surface area contributed by atoms with Crippen molar-refractivity contribution < 1.29 is 9.59 Å². The maximum Gasteiger partial charge on any atom is 0.246 e. The van der Waals surface area contributed by atoms with Crippen molar-refractivity contribution in [2.45, 2.75) is 45.7 Å². The van der Waals surface area contributed by atoms with Crippen molar-refractivity contribution in [1.29, 1.82) is 0 Å². The Morgan fingerprint density at radius 1 is 1.50 bits per heavy atom. The molecule has 0 bridgehead atoms. The second-order valence-corrected chi connectivity index (χ2v) is 5.31. The van der Waals surface area contributed by atoms with Crippen molar-refractivity contribution in [1.82, 2.24) is 10.2 Å². The molecule has 18 heavy (non-hydrogen) atoms. The van der Waals surface area contributed by atoms with Gasteiger partial charge < -0.3 is 10.2 Å². The molecule has 1 fully saturated rings. The number of amides is 2. The molecule has 1 N–H and O–H groups in total. The maximum absolute atomic E-state index is 12.4. The number of carbonyl (C=O) groups is 2. The summed E-state index contributed by atoms with van der Waals surface area (Å²) >= 11 is 5.79. The Labute approximate surface area is 113 Å². The van der Waals surface area contributed by atoms with Gasteiger partial charge >= 0.3 is 0 Å². The zero-order chi connectivity index (χ0) is 13.9. The van der Waals surface area contributed by atoms with Crippen LogP contribution in [-0.2, 0) is 9.59 Å². The van der Waals surface area contributed by atoms with E-state index in [-0.39, 0.29) is 24.3 Å². The van der Waals surface area contributed by atoms with Gasteiger partial charge in [-0.2, -0.15) is 0 Å². The van der Waals surface area contributed by atoms with Crippen LogP contribution in [0.25, 0.3) is 0 Å². The lowest BCUT2D eigenvalue weighted by atomic mass is 9.93. The molecule has 1 aliphatic heterocycles. The molecule has 4 nitrogen and oxygen atoms in total. The number of hydrogen-bond donors (Lipinski definition) is 1. The lowest BCUT2D eigenvalue weighted by molar-refractivity contribution is -0.150. The third kappa shape index (κ3) is 3.05. The Bertz CT molecular complexity index is 357. The van der Waals surface area contributed by atoms with Crippen LogP contribution in [-0.4, -0.2) is 35.3 Å². The molecule has 1 rings (SSSR count). The van der Waals surface area contributed by atoms with E-state index in [9.17, 15) is 9.59 Å². The highest BCUT2D eigenvalue weighted by Gasteiger charge is 2.41. The summed E-state index contributed by atoms with van der Waals surface area (Å²) < 4.78 is 0. The fourth-order valence-corrected chi connectivity index (χ4v) is 2.31. The van der Waals surface area contributed by atoms with E-state index in [1.54, 1.807) is 4.90 Å². The summed E-state index contributed by atoms with van der Waals surface area (Å²) in [5.74, 6) is -0.0386. The van der Waals surface area contributed by atoms with Crippen LogP contribution >= 0.6 is 11.6 Å². The molecule has 3 atom stereocenters. The third-order valence-corrected chi connectivity index (χ3v) is 3.59. The van der Waals surface area contributed by atoms with Gasteiger partial charge in [0.15, 0.2) is 0 Å². The summed E-state index contributed by atoms with van der Waals surface area (Å²) in [5.41, 5.74) is 0. The van der Waals surface area contributed by atoms with E-state index in [0.29, 0.717) is 11.5 Å². The average Bonchev–Trinajstić information content (AvgIpc) is 2.32. The molecule has 0 saturated carbocycles. The lowest BCUT2D eigenvalue weighted by Crippen LogP contribution is -2.64. The monoisotopic (exact) mass is 272 g/mol. The van der Waals surface area contributed by atoms with E-state index in [0.717, 1.165) is 6.42 Å². The minimum Gasteiger partial charge on any atom is -0.342 e. The summed E-state index contributed by atoms with van der Waals surface area (Å²) in [6.45, 7) is 9.68. The predicted octanol–water partition coefficient (Wildman–Crippen LogP) is 1.89. The summed E-state index contributed by atoms with van der Waals surface area (Å²) in [6.07, 6.45) is 1.41. The largest absolute Gasteiger partial charge is 0.342 e. The van der Waals surface area contributed by atoms with Gasteiger partial charge in [-0.3, -0.25) is 9.59 Å². The van der Waals surface area contributed by atoms with Gasteiger partial charge in [0, 0.05) is 5.03 Å². The first-order chi connectivity index (χ1) is 8.42. The molecular formula is C13H21ClN2O2. The van der Waals surface area contributed by atoms with Gasteiger partial charge in [-0.1, -0.05) is 45.4 Å². The van der Waals surface area contributed by atoms with Gasteiger partial charge in [0.1, 0.15) is 12.1 Å². The van der Waals surface area contributed by atoms with Crippen LogP contribution in [0.15, 0.2) is 11.6 Å². The van der Waals surface area contributed by atoms with Crippen molar-refractivity contribution in [3.05, 3.63) is 11.6 Å². The Balaban J connectivity index is 2.96. The van der Waals surface area contributed by atoms with E-state index in [1.807, 2.05) is 20.8 Å². The highest BCUT2D eigenvalue weighted by molar-refractivity contribution is 6.29. The molecule has 0 radical (unpaired) electrons. The third-order valence-electron chi connectivity index (χ3n) is 3.47. The zero-order valence-electron chi connectivity index (χ0n) is 11.2. The summed E-state index contributed by atoms with van der Waals surface area (Å²) in [4.78, 5) is 26.0. The number of rotatable bonds is 5. The van der Waals surface area contributed by atoms with Gasteiger partial charge in [0.2, 0.25) is 11.8 Å². The van der Waals surface area contributed by atoms with Crippen LogP contribution in [0.1, 0.15) is 33.6 Å². The van der Waals surface area contributed by atoms with Crippen molar-refractivity contribution in [2.75, 3.05) is 6.54 Å². The number of carbonyl (C=O) groups excluding carboxylic acids is 2. The zero-order valence-corrected chi connectivity index (χ0v) is 12.0. The summed E-state index contributed by atoms with van der Waals surface area (Å²) in [7, 11) is 0. The van der Waals surface area contributed by atoms with Crippen LogP contribution < -0.4 is 5.32 Å². The van der Waals surface area contributed by atoms with Crippen LogP contribution in [0.3, 0.4) is 0 Å².